The molecule has 1 aromatic heterocycles. The molecule has 0 atom stereocenters. The molecule has 0 saturated heterocycles. The number of ether oxygens (including phenoxy) is 2. The second kappa shape index (κ2) is 9.01. The van der Waals surface area contributed by atoms with Crippen molar-refractivity contribution in [2.75, 3.05) is 13.2 Å². The van der Waals surface area contributed by atoms with Crippen LogP contribution < -0.4 is 5.63 Å². The van der Waals surface area contributed by atoms with E-state index in [0.717, 1.165) is 12.8 Å². The lowest BCUT2D eigenvalue weighted by atomic mass is 10.1. The molecule has 2 rings (SSSR count). The summed E-state index contributed by atoms with van der Waals surface area (Å²) >= 11 is 0. The van der Waals surface area contributed by atoms with E-state index in [-0.39, 0.29) is 24.2 Å². The Morgan fingerprint density at radius 1 is 0.920 bits per heavy atom. The molecule has 0 fully saturated rings. The van der Waals surface area contributed by atoms with Gasteiger partial charge in [0.05, 0.1) is 18.6 Å². The molecule has 0 radical (unpaired) electrons. The van der Waals surface area contributed by atoms with Crippen LogP contribution in [0.5, 0.6) is 0 Å². The van der Waals surface area contributed by atoms with E-state index in [1.54, 1.807) is 18.2 Å². The fourth-order valence-corrected chi connectivity index (χ4v) is 2.30. The van der Waals surface area contributed by atoms with E-state index in [9.17, 15) is 14.4 Å². The predicted molar refractivity (Wildman–Crippen MR) is 92.9 cm³/mol. The van der Waals surface area contributed by atoms with Crippen molar-refractivity contribution in [2.24, 2.45) is 0 Å². The van der Waals surface area contributed by atoms with Crippen molar-refractivity contribution >= 4 is 22.7 Å². The average Bonchev–Trinajstić information content (AvgIpc) is 2.62. The highest BCUT2D eigenvalue weighted by atomic mass is 16.6. The maximum atomic E-state index is 12.5. The fourth-order valence-electron chi connectivity index (χ4n) is 2.30. The van der Waals surface area contributed by atoms with Crippen LogP contribution in [-0.2, 0) is 9.47 Å². The van der Waals surface area contributed by atoms with E-state index in [2.05, 4.69) is 0 Å². The number of carbonyl (C=O) groups excluding carboxylic acids is 2. The summed E-state index contributed by atoms with van der Waals surface area (Å²) in [6.45, 7) is 4.35. The Morgan fingerprint density at radius 2 is 1.48 bits per heavy atom. The third-order valence-corrected chi connectivity index (χ3v) is 3.69. The number of benzene rings is 1. The number of esters is 2. The summed E-state index contributed by atoms with van der Waals surface area (Å²) in [5.74, 6) is -1.93. The zero-order chi connectivity index (χ0) is 18.2. The summed E-state index contributed by atoms with van der Waals surface area (Å²) in [4.78, 5) is 37.0. The Hall–Kier alpha value is -2.63. The Morgan fingerprint density at radius 3 is 2.08 bits per heavy atom. The Bertz CT molecular complexity index is 805. The van der Waals surface area contributed by atoms with Crippen molar-refractivity contribution in [3.63, 3.8) is 0 Å². The van der Waals surface area contributed by atoms with Gasteiger partial charge >= 0.3 is 17.6 Å². The lowest BCUT2D eigenvalue weighted by Gasteiger charge is -2.11. The van der Waals surface area contributed by atoms with E-state index in [1.807, 2.05) is 13.8 Å². The van der Waals surface area contributed by atoms with Crippen LogP contribution in [0.2, 0.25) is 0 Å². The summed E-state index contributed by atoms with van der Waals surface area (Å²) in [5.41, 5.74) is -0.754. The highest BCUT2D eigenvalue weighted by molar-refractivity contribution is 6.10. The monoisotopic (exact) mass is 346 g/mol. The molecule has 0 aliphatic heterocycles. The van der Waals surface area contributed by atoms with Gasteiger partial charge in [-0.15, -0.1) is 0 Å². The third kappa shape index (κ3) is 4.47. The summed E-state index contributed by atoms with van der Waals surface area (Å²) in [7, 11) is 0. The smallest absolute Gasteiger partial charge is 0.375 e. The van der Waals surface area contributed by atoms with Gasteiger partial charge in [-0.25, -0.2) is 14.4 Å². The molecule has 0 saturated carbocycles. The molecule has 1 heterocycles. The van der Waals surface area contributed by atoms with Crippen molar-refractivity contribution < 1.29 is 23.5 Å². The fraction of sp³-hybridized carbons (Fsp3) is 0.421. The SMILES string of the molecule is CCCCOC(=O)c1oc(=O)c2ccccc2c1C(=O)OCCCC. The topological polar surface area (TPSA) is 82.8 Å². The minimum atomic E-state index is -0.834. The Balaban J connectivity index is 2.48. The lowest BCUT2D eigenvalue weighted by Crippen LogP contribution is -2.19. The third-order valence-electron chi connectivity index (χ3n) is 3.69. The maximum absolute atomic E-state index is 12.5. The molecule has 0 N–H and O–H groups in total. The number of carbonyl (C=O) groups is 2. The van der Waals surface area contributed by atoms with Gasteiger partial charge in [-0.3, -0.25) is 0 Å². The van der Waals surface area contributed by atoms with Crippen LogP contribution in [0.3, 0.4) is 0 Å². The van der Waals surface area contributed by atoms with Gasteiger partial charge < -0.3 is 13.9 Å². The number of hydrogen-bond donors (Lipinski definition) is 0. The molecule has 6 nitrogen and oxygen atoms in total. The van der Waals surface area contributed by atoms with E-state index < -0.39 is 23.3 Å². The zero-order valence-electron chi connectivity index (χ0n) is 14.5. The molecule has 0 spiro atoms. The summed E-state index contributed by atoms with van der Waals surface area (Å²) in [5, 5.41) is 0.540. The second-order valence-corrected chi connectivity index (χ2v) is 5.62. The van der Waals surface area contributed by atoms with E-state index in [0.29, 0.717) is 18.2 Å². The second-order valence-electron chi connectivity index (χ2n) is 5.62. The van der Waals surface area contributed by atoms with Gasteiger partial charge in [0.15, 0.2) is 0 Å². The van der Waals surface area contributed by atoms with Crippen LogP contribution in [0.25, 0.3) is 10.8 Å². The van der Waals surface area contributed by atoms with Crippen molar-refractivity contribution in [3.05, 3.63) is 46.0 Å². The van der Waals surface area contributed by atoms with E-state index >= 15 is 0 Å². The molecule has 25 heavy (non-hydrogen) atoms. The predicted octanol–water partition coefficient (Wildman–Crippen LogP) is 3.71. The number of unbranched alkanes of at least 4 members (excludes halogenated alkanes) is 2. The van der Waals surface area contributed by atoms with E-state index in [4.69, 9.17) is 13.9 Å². The lowest BCUT2D eigenvalue weighted by molar-refractivity contribution is 0.0418. The minimum absolute atomic E-state index is 0.0622. The number of hydrogen-bond acceptors (Lipinski definition) is 6. The van der Waals surface area contributed by atoms with Gasteiger partial charge in [0.25, 0.3) is 0 Å². The molecular formula is C19H22O6. The van der Waals surface area contributed by atoms with Gasteiger partial charge in [0.1, 0.15) is 5.56 Å². The highest BCUT2D eigenvalue weighted by Crippen LogP contribution is 2.22. The first kappa shape index (κ1) is 18.7. The molecule has 0 amide bonds. The van der Waals surface area contributed by atoms with Crippen LogP contribution >= 0.6 is 0 Å². The highest BCUT2D eigenvalue weighted by Gasteiger charge is 2.27. The zero-order valence-corrected chi connectivity index (χ0v) is 14.5. The molecule has 134 valence electrons. The van der Waals surface area contributed by atoms with Crippen molar-refractivity contribution in [1.29, 1.82) is 0 Å². The van der Waals surface area contributed by atoms with Gasteiger partial charge in [0.2, 0.25) is 5.76 Å². The average molecular weight is 346 g/mol. The van der Waals surface area contributed by atoms with Crippen LogP contribution in [-0.4, -0.2) is 25.2 Å². The van der Waals surface area contributed by atoms with Crippen LogP contribution in [0, 0.1) is 0 Å². The minimum Gasteiger partial charge on any atom is -0.462 e. The van der Waals surface area contributed by atoms with Crippen molar-refractivity contribution in [2.45, 2.75) is 39.5 Å². The first-order valence-electron chi connectivity index (χ1n) is 8.50. The molecular weight excluding hydrogens is 324 g/mol. The summed E-state index contributed by atoms with van der Waals surface area (Å²) < 4.78 is 15.4. The summed E-state index contributed by atoms with van der Waals surface area (Å²) in [6, 6.07) is 6.46. The van der Waals surface area contributed by atoms with Gasteiger partial charge in [-0.1, -0.05) is 44.9 Å². The molecule has 0 aliphatic carbocycles. The number of rotatable bonds is 8. The maximum Gasteiger partial charge on any atom is 0.375 e. The molecule has 0 bridgehead atoms. The Kier molecular flexibility index (Phi) is 6.74. The largest absolute Gasteiger partial charge is 0.462 e. The van der Waals surface area contributed by atoms with E-state index in [1.165, 1.54) is 6.07 Å². The molecule has 0 unspecified atom stereocenters. The van der Waals surface area contributed by atoms with Crippen molar-refractivity contribution in [1.82, 2.24) is 0 Å². The normalized spacial score (nSPS) is 10.6. The molecule has 2 aromatic rings. The van der Waals surface area contributed by atoms with Crippen LogP contribution in [0.4, 0.5) is 0 Å². The van der Waals surface area contributed by atoms with Gasteiger partial charge in [-0.2, -0.15) is 0 Å². The van der Waals surface area contributed by atoms with Crippen molar-refractivity contribution in [3.8, 4) is 0 Å². The molecule has 6 heteroatoms. The Labute approximate surface area is 145 Å². The van der Waals surface area contributed by atoms with Crippen LogP contribution in [0.15, 0.2) is 33.5 Å². The van der Waals surface area contributed by atoms with Crippen LogP contribution in [0.1, 0.15) is 60.4 Å². The van der Waals surface area contributed by atoms with Gasteiger partial charge in [0, 0.05) is 5.39 Å². The number of fused-ring (bicyclic) bond motifs is 1. The first-order chi connectivity index (χ1) is 12.1. The van der Waals surface area contributed by atoms with Gasteiger partial charge in [-0.05, 0) is 18.9 Å². The first-order valence-corrected chi connectivity index (χ1v) is 8.50. The molecule has 0 aliphatic rings. The summed E-state index contributed by atoms with van der Waals surface area (Å²) in [6.07, 6.45) is 3.10. The standard InChI is InChI=1S/C19H22O6/c1-3-5-11-23-18(21)15-13-9-7-8-10-14(13)17(20)25-16(15)19(22)24-12-6-4-2/h7-10H,3-6,11-12H2,1-2H3. The quantitative estimate of drug-likeness (QED) is 0.535. The molecule has 1 aromatic carbocycles.